The highest BCUT2D eigenvalue weighted by molar-refractivity contribution is 5.03. The topological polar surface area (TPSA) is 38.1 Å². The Kier molecular flexibility index (Phi) is 2.73. The Hall–Kier alpha value is -0.830. The Morgan fingerprint density at radius 1 is 1.16 bits per heavy atom. The van der Waals surface area contributed by atoms with Crippen molar-refractivity contribution in [2.45, 2.75) is 58.0 Å². The molecule has 4 fully saturated rings. The molecule has 4 aliphatic carbocycles. The minimum atomic E-state index is 0.247. The van der Waals surface area contributed by atoms with Crippen molar-refractivity contribution in [2.75, 3.05) is 0 Å². The third-order valence-electron chi connectivity index (χ3n) is 5.68. The Bertz CT molecular complexity index is 439. The van der Waals surface area contributed by atoms with Gasteiger partial charge in [-0.25, -0.2) is 4.98 Å². The summed E-state index contributed by atoms with van der Waals surface area (Å²) in [6.45, 7) is 4.16. The second-order valence-corrected chi connectivity index (χ2v) is 7.15. The predicted octanol–water partition coefficient (Wildman–Crippen LogP) is 3.46. The van der Waals surface area contributed by atoms with Gasteiger partial charge in [-0.05, 0) is 69.6 Å². The fourth-order valence-corrected chi connectivity index (χ4v) is 5.13. The van der Waals surface area contributed by atoms with Crippen LogP contribution in [-0.2, 0) is 0 Å². The molecule has 0 aromatic carbocycles. The highest BCUT2D eigenvalue weighted by atomic mass is 16.4. The maximum absolute atomic E-state index is 5.67. The lowest BCUT2D eigenvalue weighted by Gasteiger charge is -2.55. The molecule has 1 aromatic rings. The molecule has 0 amide bonds. The van der Waals surface area contributed by atoms with Gasteiger partial charge < -0.3 is 9.73 Å². The fourth-order valence-electron chi connectivity index (χ4n) is 5.13. The number of aryl methyl sites for hydroxylation is 1. The average Bonchev–Trinajstić information content (AvgIpc) is 2.79. The van der Waals surface area contributed by atoms with Gasteiger partial charge in [-0.1, -0.05) is 0 Å². The molecule has 4 bridgehead atoms. The van der Waals surface area contributed by atoms with E-state index in [-0.39, 0.29) is 6.04 Å². The molecule has 4 saturated carbocycles. The third-order valence-corrected chi connectivity index (χ3v) is 5.68. The highest BCUT2D eigenvalue weighted by Gasteiger charge is 2.48. The number of oxazole rings is 1. The Balaban J connectivity index is 1.48. The van der Waals surface area contributed by atoms with E-state index in [4.69, 9.17) is 4.42 Å². The van der Waals surface area contributed by atoms with Crippen LogP contribution in [0.2, 0.25) is 0 Å². The van der Waals surface area contributed by atoms with Crippen molar-refractivity contribution in [2.24, 2.45) is 23.7 Å². The summed E-state index contributed by atoms with van der Waals surface area (Å²) < 4.78 is 5.67. The van der Waals surface area contributed by atoms with E-state index < -0.39 is 0 Å². The third kappa shape index (κ3) is 2.03. The van der Waals surface area contributed by atoms with Crippen LogP contribution >= 0.6 is 0 Å². The molecule has 1 atom stereocenters. The number of hydrogen-bond donors (Lipinski definition) is 1. The van der Waals surface area contributed by atoms with Crippen LogP contribution in [0.5, 0.6) is 0 Å². The van der Waals surface area contributed by atoms with Gasteiger partial charge in [-0.2, -0.15) is 0 Å². The SMILES string of the molecule is Cc1cnc(C(C)NC2C3CC4CC(C3)CC2C4)o1. The number of aromatic nitrogens is 1. The normalized spacial score (nSPS) is 41.7. The molecule has 0 radical (unpaired) electrons. The van der Waals surface area contributed by atoms with Gasteiger partial charge in [-0.15, -0.1) is 0 Å². The zero-order chi connectivity index (χ0) is 13.0. The van der Waals surface area contributed by atoms with Gasteiger partial charge in [0, 0.05) is 6.04 Å². The van der Waals surface area contributed by atoms with E-state index in [0.29, 0.717) is 6.04 Å². The lowest BCUT2D eigenvalue weighted by atomic mass is 9.54. The molecule has 1 heterocycles. The Labute approximate surface area is 115 Å². The number of hydrogen-bond acceptors (Lipinski definition) is 3. The maximum Gasteiger partial charge on any atom is 0.211 e. The lowest BCUT2D eigenvalue weighted by molar-refractivity contribution is -0.0181. The van der Waals surface area contributed by atoms with Crippen LogP contribution < -0.4 is 5.32 Å². The van der Waals surface area contributed by atoms with Crippen molar-refractivity contribution < 1.29 is 4.42 Å². The first-order chi connectivity index (χ1) is 9.19. The molecular formula is C16H24N2O. The first-order valence-corrected chi connectivity index (χ1v) is 7.87. The van der Waals surface area contributed by atoms with Crippen LogP contribution in [0, 0.1) is 30.6 Å². The quantitative estimate of drug-likeness (QED) is 0.904. The van der Waals surface area contributed by atoms with Crippen LogP contribution in [0.4, 0.5) is 0 Å². The van der Waals surface area contributed by atoms with Crippen molar-refractivity contribution in [3.05, 3.63) is 17.8 Å². The van der Waals surface area contributed by atoms with Crippen LogP contribution in [0.25, 0.3) is 0 Å². The minimum Gasteiger partial charge on any atom is -0.444 e. The standard InChI is InChI=1S/C16H24N2O/c1-9-8-17-16(19-9)10(2)18-15-13-4-11-3-12(6-13)7-14(15)5-11/h8,10-15,18H,3-7H2,1-2H3. The summed E-state index contributed by atoms with van der Waals surface area (Å²) >= 11 is 0. The summed E-state index contributed by atoms with van der Waals surface area (Å²) in [7, 11) is 0. The van der Waals surface area contributed by atoms with Gasteiger partial charge in [0.2, 0.25) is 5.89 Å². The first kappa shape index (κ1) is 12.0. The molecule has 3 heteroatoms. The maximum atomic E-state index is 5.67. The molecule has 19 heavy (non-hydrogen) atoms. The van der Waals surface area contributed by atoms with E-state index >= 15 is 0 Å². The number of nitrogens with zero attached hydrogens (tertiary/aromatic N) is 1. The zero-order valence-corrected chi connectivity index (χ0v) is 11.9. The summed E-state index contributed by atoms with van der Waals surface area (Å²) in [4.78, 5) is 4.37. The summed E-state index contributed by atoms with van der Waals surface area (Å²) in [6, 6.07) is 0.950. The van der Waals surface area contributed by atoms with Gasteiger partial charge in [0.05, 0.1) is 12.2 Å². The van der Waals surface area contributed by atoms with E-state index in [1.165, 1.54) is 32.1 Å². The molecular weight excluding hydrogens is 236 g/mol. The second-order valence-electron chi connectivity index (χ2n) is 7.15. The minimum absolute atomic E-state index is 0.247. The average molecular weight is 260 g/mol. The van der Waals surface area contributed by atoms with Gasteiger partial charge in [0.1, 0.15) is 5.76 Å². The van der Waals surface area contributed by atoms with Crippen molar-refractivity contribution >= 4 is 0 Å². The molecule has 104 valence electrons. The molecule has 0 aliphatic heterocycles. The molecule has 0 spiro atoms. The highest BCUT2D eigenvalue weighted by Crippen LogP contribution is 2.54. The van der Waals surface area contributed by atoms with Crippen molar-refractivity contribution in [3.63, 3.8) is 0 Å². The summed E-state index contributed by atoms with van der Waals surface area (Å²) in [5.74, 6) is 5.67. The summed E-state index contributed by atoms with van der Waals surface area (Å²) in [5, 5.41) is 3.84. The van der Waals surface area contributed by atoms with Crippen LogP contribution in [0.1, 0.15) is 56.7 Å². The van der Waals surface area contributed by atoms with Crippen molar-refractivity contribution in [3.8, 4) is 0 Å². The molecule has 3 nitrogen and oxygen atoms in total. The number of rotatable bonds is 3. The van der Waals surface area contributed by atoms with Gasteiger partial charge in [0.15, 0.2) is 0 Å². The van der Waals surface area contributed by atoms with Crippen LogP contribution in [0.15, 0.2) is 10.6 Å². The predicted molar refractivity (Wildman–Crippen MR) is 73.6 cm³/mol. The van der Waals surface area contributed by atoms with E-state index in [9.17, 15) is 0 Å². The molecule has 5 rings (SSSR count). The van der Waals surface area contributed by atoms with Crippen molar-refractivity contribution in [1.82, 2.24) is 10.3 Å². The first-order valence-electron chi connectivity index (χ1n) is 7.87. The van der Waals surface area contributed by atoms with E-state index in [1.807, 2.05) is 13.1 Å². The van der Waals surface area contributed by atoms with Gasteiger partial charge in [0.25, 0.3) is 0 Å². The summed E-state index contributed by atoms with van der Waals surface area (Å²) in [5.41, 5.74) is 0. The monoisotopic (exact) mass is 260 g/mol. The molecule has 1 N–H and O–H groups in total. The fraction of sp³-hybridized carbons (Fsp3) is 0.812. The zero-order valence-electron chi connectivity index (χ0n) is 11.9. The van der Waals surface area contributed by atoms with Crippen LogP contribution in [-0.4, -0.2) is 11.0 Å². The largest absolute Gasteiger partial charge is 0.444 e. The molecule has 4 aliphatic rings. The number of nitrogens with one attached hydrogen (secondary N) is 1. The Morgan fingerprint density at radius 3 is 2.32 bits per heavy atom. The second kappa shape index (κ2) is 4.34. The van der Waals surface area contributed by atoms with Gasteiger partial charge >= 0.3 is 0 Å². The van der Waals surface area contributed by atoms with Crippen molar-refractivity contribution in [1.29, 1.82) is 0 Å². The van der Waals surface area contributed by atoms with E-state index in [2.05, 4.69) is 17.2 Å². The van der Waals surface area contributed by atoms with E-state index in [1.54, 1.807) is 0 Å². The molecule has 0 saturated heterocycles. The van der Waals surface area contributed by atoms with E-state index in [0.717, 1.165) is 35.3 Å². The van der Waals surface area contributed by atoms with Crippen LogP contribution in [0.3, 0.4) is 0 Å². The molecule has 1 unspecified atom stereocenters. The Morgan fingerprint density at radius 2 is 1.79 bits per heavy atom. The smallest absolute Gasteiger partial charge is 0.211 e. The summed E-state index contributed by atoms with van der Waals surface area (Å²) in [6.07, 6.45) is 9.19. The lowest BCUT2D eigenvalue weighted by Crippen LogP contribution is -2.54. The van der Waals surface area contributed by atoms with Gasteiger partial charge in [-0.3, -0.25) is 0 Å². The molecule has 1 aromatic heterocycles.